The van der Waals surface area contributed by atoms with Crippen molar-refractivity contribution in [3.8, 4) is 0 Å². The number of aliphatic hydroxyl groups is 1. The van der Waals surface area contributed by atoms with Crippen molar-refractivity contribution in [2.45, 2.75) is 38.7 Å². The number of aliphatic hydroxyl groups excluding tert-OH is 1. The molecule has 3 unspecified atom stereocenters. The third-order valence-electron chi connectivity index (χ3n) is 3.75. The van der Waals surface area contributed by atoms with Crippen molar-refractivity contribution >= 4 is 6.08 Å². The van der Waals surface area contributed by atoms with Crippen LogP contribution < -0.4 is 0 Å². The second-order valence-corrected chi connectivity index (χ2v) is 5.29. The SMILES string of the molecule is CC1CCC(O)C(CC=Cc2ccccc2)C1. The van der Waals surface area contributed by atoms with Crippen molar-refractivity contribution in [3.05, 3.63) is 42.0 Å². The number of hydrogen-bond acceptors (Lipinski definition) is 1. The lowest BCUT2D eigenvalue weighted by molar-refractivity contribution is 0.0534. The first-order valence-corrected chi connectivity index (χ1v) is 6.65. The third-order valence-corrected chi connectivity index (χ3v) is 3.75. The van der Waals surface area contributed by atoms with E-state index in [4.69, 9.17) is 0 Å². The fourth-order valence-electron chi connectivity index (χ4n) is 2.68. The Balaban J connectivity index is 1.87. The fourth-order valence-corrected chi connectivity index (χ4v) is 2.68. The van der Waals surface area contributed by atoms with E-state index in [2.05, 4.69) is 43.3 Å². The summed E-state index contributed by atoms with van der Waals surface area (Å²) in [5.41, 5.74) is 1.24. The molecule has 0 aliphatic heterocycles. The Morgan fingerprint density at radius 3 is 2.76 bits per heavy atom. The highest BCUT2D eigenvalue weighted by molar-refractivity contribution is 5.48. The van der Waals surface area contributed by atoms with Gasteiger partial charge in [0.15, 0.2) is 0 Å². The lowest BCUT2D eigenvalue weighted by Crippen LogP contribution is -2.27. The Kier molecular flexibility index (Phi) is 4.38. The van der Waals surface area contributed by atoms with Gasteiger partial charge in [-0.15, -0.1) is 0 Å². The molecular weight excluding hydrogens is 208 g/mol. The van der Waals surface area contributed by atoms with Gasteiger partial charge >= 0.3 is 0 Å². The molecule has 1 heteroatoms. The summed E-state index contributed by atoms with van der Waals surface area (Å²) in [6, 6.07) is 10.4. The summed E-state index contributed by atoms with van der Waals surface area (Å²) >= 11 is 0. The number of allylic oxidation sites excluding steroid dienone is 1. The largest absolute Gasteiger partial charge is 0.393 e. The van der Waals surface area contributed by atoms with Gasteiger partial charge in [-0.1, -0.05) is 49.4 Å². The van der Waals surface area contributed by atoms with Crippen LogP contribution in [0.4, 0.5) is 0 Å². The molecule has 0 bridgehead atoms. The zero-order valence-corrected chi connectivity index (χ0v) is 10.5. The molecule has 92 valence electrons. The van der Waals surface area contributed by atoms with Gasteiger partial charge in [0.25, 0.3) is 0 Å². The van der Waals surface area contributed by atoms with Gasteiger partial charge in [0.2, 0.25) is 0 Å². The number of hydrogen-bond donors (Lipinski definition) is 1. The Labute approximate surface area is 104 Å². The zero-order valence-electron chi connectivity index (χ0n) is 10.5. The number of benzene rings is 1. The van der Waals surface area contributed by atoms with E-state index in [-0.39, 0.29) is 6.10 Å². The molecule has 1 fully saturated rings. The van der Waals surface area contributed by atoms with Crippen molar-refractivity contribution in [2.75, 3.05) is 0 Å². The molecule has 1 aromatic rings. The molecule has 0 amide bonds. The molecule has 0 radical (unpaired) electrons. The maximum absolute atomic E-state index is 9.95. The minimum atomic E-state index is -0.0911. The normalized spacial score (nSPS) is 29.6. The molecule has 1 nitrogen and oxygen atoms in total. The molecule has 1 N–H and O–H groups in total. The average molecular weight is 230 g/mol. The van der Waals surface area contributed by atoms with Crippen molar-refractivity contribution in [1.29, 1.82) is 0 Å². The first kappa shape index (κ1) is 12.4. The Morgan fingerprint density at radius 2 is 2.00 bits per heavy atom. The van der Waals surface area contributed by atoms with Crippen LogP contribution in [-0.4, -0.2) is 11.2 Å². The van der Waals surface area contributed by atoms with Crippen LogP contribution in [0.15, 0.2) is 36.4 Å². The average Bonchev–Trinajstić information content (AvgIpc) is 2.35. The van der Waals surface area contributed by atoms with E-state index in [1.807, 2.05) is 6.07 Å². The smallest absolute Gasteiger partial charge is 0.0571 e. The van der Waals surface area contributed by atoms with E-state index < -0.39 is 0 Å². The van der Waals surface area contributed by atoms with E-state index in [9.17, 15) is 5.11 Å². The minimum absolute atomic E-state index is 0.0911. The van der Waals surface area contributed by atoms with Crippen molar-refractivity contribution in [3.63, 3.8) is 0 Å². The summed E-state index contributed by atoms with van der Waals surface area (Å²) < 4.78 is 0. The van der Waals surface area contributed by atoms with Gasteiger partial charge in [0.05, 0.1) is 6.10 Å². The highest BCUT2D eigenvalue weighted by Crippen LogP contribution is 2.31. The first-order chi connectivity index (χ1) is 8.25. The Bertz CT molecular complexity index is 355. The summed E-state index contributed by atoms with van der Waals surface area (Å²) in [6.07, 6.45) is 8.60. The van der Waals surface area contributed by atoms with Crippen LogP contribution in [0.1, 0.15) is 38.2 Å². The van der Waals surface area contributed by atoms with Crippen molar-refractivity contribution < 1.29 is 5.11 Å². The van der Waals surface area contributed by atoms with Gasteiger partial charge in [-0.05, 0) is 43.1 Å². The molecule has 17 heavy (non-hydrogen) atoms. The molecule has 1 saturated carbocycles. The first-order valence-electron chi connectivity index (χ1n) is 6.65. The Morgan fingerprint density at radius 1 is 1.24 bits per heavy atom. The lowest BCUT2D eigenvalue weighted by Gasteiger charge is -2.30. The predicted molar refractivity (Wildman–Crippen MR) is 72.6 cm³/mol. The highest BCUT2D eigenvalue weighted by atomic mass is 16.3. The van der Waals surface area contributed by atoms with Crippen LogP contribution >= 0.6 is 0 Å². The molecule has 0 aromatic heterocycles. The molecule has 1 aliphatic rings. The van der Waals surface area contributed by atoms with Crippen LogP contribution in [0.3, 0.4) is 0 Å². The summed E-state index contributed by atoms with van der Waals surface area (Å²) in [7, 11) is 0. The second kappa shape index (κ2) is 6.02. The molecular formula is C16H22O. The van der Waals surface area contributed by atoms with Gasteiger partial charge < -0.3 is 5.11 Å². The molecule has 3 atom stereocenters. The monoisotopic (exact) mass is 230 g/mol. The molecule has 2 rings (SSSR count). The fraction of sp³-hybridized carbons (Fsp3) is 0.500. The molecule has 0 spiro atoms. The van der Waals surface area contributed by atoms with Gasteiger partial charge in [-0.25, -0.2) is 0 Å². The Hall–Kier alpha value is -1.08. The molecule has 1 aliphatic carbocycles. The summed E-state index contributed by atoms with van der Waals surface area (Å²) in [5.74, 6) is 1.23. The summed E-state index contributed by atoms with van der Waals surface area (Å²) in [5, 5.41) is 9.95. The zero-order chi connectivity index (χ0) is 12.1. The third kappa shape index (κ3) is 3.71. The highest BCUT2D eigenvalue weighted by Gasteiger charge is 2.25. The van der Waals surface area contributed by atoms with Crippen LogP contribution in [0.2, 0.25) is 0 Å². The van der Waals surface area contributed by atoms with Crippen LogP contribution in [0.25, 0.3) is 6.08 Å². The van der Waals surface area contributed by atoms with Gasteiger partial charge in [-0.2, -0.15) is 0 Å². The van der Waals surface area contributed by atoms with Gasteiger partial charge in [-0.3, -0.25) is 0 Å². The van der Waals surface area contributed by atoms with Gasteiger partial charge in [0, 0.05) is 0 Å². The topological polar surface area (TPSA) is 20.2 Å². The van der Waals surface area contributed by atoms with E-state index in [1.165, 1.54) is 18.4 Å². The van der Waals surface area contributed by atoms with E-state index in [0.29, 0.717) is 5.92 Å². The molecule has 1 aromatic carbocycles. The maximum Gasteiger partial charge on any atom is 0.0571 e. The minimum Gasteiger partial charge on any atom is -0.393 e. The predicted octanol–water partition coefficient (Wildman–Crippen LogP) is 3.89. The second-order valence-electron chi connectivity index (χ2n) is 5.29. The summed E-state index contributed by atoms with van der Waals surface area (Å²) in [6.45, 7) is 2.29. The summed E-state index contributed by atoms with van der Waals surface area (Å²) in [4.78, 5) is 0. The van der Waals surface area contributed by atoms with Crippen LogP contribution in [0, 0.1) is 11.8 Å². The van der Waals surface area contributed by atoms with E-state index >= 15 is 0 Å². The standard InChI is InChI=1S/C16H22O/c1-13-10-11-16(17)15(12-13)9-5-8-14-6-3-2-4-7-14/h2-8,13,15-17H,9-12H2,1H3. The van der Waals surface area contributed by atoms with Crippen molar-refractivity contribution in [1.82, 2.24) is 0 Å². The molecule has 0 saturated heterocycles. The van der Waals surface area contributed by atoms with Gasteiger partial charge in [0.1, 0.15) is 0 Å². The maximum atomic E-state index is 9.95. The lowest BCUT2D eigenvalue weighted by atomic mass is 9.79. The van der Waals surface area contributed by atoms with Crippen LogP contribution in [-0.2, 0) is 0 Å². The quantitative estimate of drug-likeness (QED) is 0.835. The van der Waals surface area contributed by atoms with E-state index in [1.54, 1.807) is 0 Å². The molecule has 0 heterocycles. The van der Waals surface area contributed by atoms with E-state index in [0.717, 1.165) is 18.8 Å². The van der Waals surface area contributed by atoms with Crippen LogP contribution in [0.5, 0.6) is 0 Å². The van der Waals surface area contributed by atoms with Crippen molar-refractivity contribution in [2.24, 2.45) is 11.8 Å². The number of rotatable bonds is 3.